The number of hydrogen-bond donors (Lipinski definition) is 1. The minimum absolute atomic E-state index is 0.103. The molecule has 0 spiro atoms. The van der Waals surface area contributed by atoms with Crippen molar-refractivity contribution in [3.63, 3.8) is 0 Å². The van der Waals surface area contributed by atoms with Crippen LogP contribution in [-0.4, -0.2) is 27.5 Å². The summed E-state index contributed by atoms with van der Waals surface area (Å²) in [6.07, 6.45) is 1.63. The lowest BCUT2D eigenvalue weighted by molar-refractivity contribution is -0.118. The highest BCUT2D eigenvalue weighted by Crippen LogP contribution is 2.21. The van der Waals surface area contributed by atoms with Crippen LogP contribution in [0.25, 0.3) is 0 Å². The molecule has 7 heteroatoms. The molecule has 0 aromatic carbocycles. The predicted molar refractivity (Wildman–Crippen MR) is 81.8 cm³/mol. The van der Waals surface area contributed by atoms with Gasteiger partial charge in [-0.3, -0.25) is 10.1 Å². The summed E-state index contributed by atoms with van der Waals surface area (Å²) in [4.78, 5) is 24.6. The molecule has 2 heterocycles. The van der Waals surface area contributed by atoms with Crippen LogP contribution < -0.4 is 10.1 Å². The van der Waals surface area contributed by atoms with Crippen molar-refractivity contribution in [2.45, 2.75) is 33.6 Å². The van der Waals surface area contributed by atoms with Crippen LogP contribution in [0.3, 0.4) is 0 Å². The van der Waals surface area contributed by atoms with E-state index in [1.165, 1.54) is 11.3 Å². The summed E-state index contributed by atoms with van der Waals surface area (Å²) in [5, 5.41) is 5.02. The number of thiazole rings is 1. The maximum Gasteiger partial charge on any atom is 0.264 e. The van der Waals surface area contributed by atoms with Crippen LogP contribution in [-0.2, 0) is 4.79 Å². The van der Waals surface area contributed by atoms with Crippen molar-refractivity contribution in [2.75, 3.05) is 11.9 Å². The van der Waals surface area contributed by atoms with Crippen LogP contribution in [0.4, 0.5) is 5.13 Å². The van der Waals surface area contributed by atoms with Gasteiger partial charge in [0.25, 0.3) is 5.91 Å². The molecule has 2 aromatic heterocycles. The number of nitrogens with zero attached hydrogens (tertiary/aromatic N) is 3. The molecule has 0 aliphatic rings. The van der Waals surface area contributed by atoms with E-state index >= 15 is 0 Å². The van der Waals surface area contributed by atoms with E-state index in [9.17, 15) is 4.79 Å². The van der Waals surface area contributed by atoms with Gasteiger partial charge in [0.05, 0.1) is 0 Å². The molecule has 1 N–H and O–H groups in total. The Balaban J connectivity index is 2.04. The average molecular weight is 306 g/mol. The smallest absolute Gasteiger partial charge is 0.264 e. The number of carbonyl (C=O) groups is 1. The Morgan fingerprint density at radius 1 is 1.38 bits per heavy atom. The average Bonchev–Trinajstić information content (AvgIpc) is 2.92. The highest BCUT2D eigenvalue weighted by atomic mass is 32.1. The fourth-order valence-electron chi connectivity index (χ4n) is 1.60. The lowest BCUT2D eigenvalue weighted by atomic mass is 10.2. The Morgan fingerprint density at radius 2 is 2.14 bits per heavy atom. The maximum atomic E-state index is 11.8. The van der Waals surface area contributed by atoms with Gasteiger partial charge in [-0.25, -0.2) is 9.97 Å². The normalized spacial score (nSPS) is 10.7. The number of amides is 1. The van der Waals surface area contributed by atoms with Crippen LogP contribution in [0, 0.1) is 13.8 Å². The molecule has 21 heavy (non-hydrogen) atoms. The fourth-order valence-corrected chi connectivity index (χ4v) is 2.14. The number of carbonyl (C=O) groups excluding carboxylic acids is 1. The summed E-state index contributed by atoms with van der Waals surface area (Å²) >= 11 is 1.36. The van der Waals surface area contributed by atoms with Gasteiger partial charge in [0.2, 0.25) is 5.88 Å². The Hall–Kier alpha value is -2.02. The molecule has 2 aromatic rings. The molecule has 0 aliphatic heterocycles. The number of aryl methyl sites for hydroxylation is 1. The molecule has 0 bridgehead atoms. The number of nitrogens with one attached hydrogen (secondary N) is 1. The Kier molecular flexibility index (Phi) is 4.85. The lowest BCUT2D eigenvalue weighted by Crippen LogP contribution is -2.21. The van der Waals surface area contributed by atoms with Gasteiger partial charge in [-0.05, 0) is 13.8 Å². The summed E-state index contributed by atoms with van der Waals surface area (Å²) in [6.45, 7) is 7.72. The monoisotopic (exact) mass is 306 g/mol. The molecular formula is C14H18N4O2S. The van der Waals surface area contributed by atoms with E-state index in [0.717, 1.165) is 11.3 Å². The zero-order valence-corrected chi connectivity index (χ0v) is 13.3. The zero-order valence-electron chi connectivity index (χ0n) is 12.5. The quantitative estimate of drug-likeness (QED) is 0.919. The Morgan fingerprint density at radius 3 is 2.76 bits per heavy atom. The van der Waals surface area contributed by atoms with Gasteiger partial charge < -0.3 is 4.74 Å². The minimum atomic E-state index is -0.258. The summed E-state index contributed by atoms with van der Waals surface area (Å²) in [7, 11) is 0. The standard InChI is InChI=1S/C14H18N4O2S/c1-8(2)12-16-10(4)9(3)13(18-12)20-7-11(19)17-14-15-5-6-21-14/h5-6,8H,7H2,1-4H3,(H,15,17,19). The van der Waals surface area contributed by atoms with Crippen LogP contribution in [0.1, 0.15) is 36.8 Å². The molecular weight excluding hydrogens is 288 g/mol. The highest BCUT2D eigenvalue weighted by molar-refractivity contribution is 7.13. The molecule has 0 saturated heterocycles. The summed E-state index contributed by atoms with van der Waals surface area (Å²) in [5.41, 5.74) is 1.71. The van der Waals surface area contributed by atoms with E-state index < -0.39 is 0 Å². The molecule has 0 radical (unpaired) electrons. The zero-order chi connectivity index (χ0) is 15.4. The second kappa shape index (κ2) is 6.62. The highest BCUT2D eigenvalue weighted by Gasteiger charge is 2.13. The molecule has 1 amide bonds. The second-order valence-corrected chi connectivity index (χ2v) is 5.82. The van der Waals surface area contributed by atoms with Gasteiger partial charge in [0.15, 0.2) is 11.7 Å². The van der Waals surface area contributed by atoms with Crippen molar-refractivity contribution in [1.29, 1.82) is 0 Å². The van der Waals surface area contributed by atoms with Crippen LogP contribution in [0.5, 0.6) is 5.88 Å². The summed E-state index contributed by atoms with van der Waals surface area (Å²) < 4.78 is 5.53. The topological polar surface area (TPSA) is 77.0 Å². The summed E-state index contributed by atoms with van der Waals surface area (Å²) in [5.74, 6) is 1.12. The van der Waals surface area contributed by atoms with Crippen molar-refractivity contribution < 1.29 is 9.53 Å². The third kappa shape index (κ3) is 3.98. The Labute approximate surface area is 127 Å². The van der Waals surface area contributed by atoms with E-state index in [-0.39, 0.29) is 18.4 Å². The summed E-state index contributed by atoms with van der Waals surface area (Å²) in [6, 6.07) is 0. The van der Waals surface area contributed by atoms with Gasteiger partial charge in [-0.2, -0.15) is 4.98 Å². The van der Waals surface area contributed by atoms with Crippen molar-refractivity contribution >= 4 is 22.4 Å². The van der Waals surface area contributed by atoms with E-state index in [1.54, 1.807) is 11.6 Å². The van der Waals surface area contributed by atoms with Crippen LogP contribution in [0.15, 0.2) is 11.6 Å². The number of rotatable bonds is 5. The maximum absolute atomic E-state index is 11.8. The van der Waals surface area contributed by atoms with E-state index in [0.29, 0.717) is 16.8 Å². The fraction of sp³-hybridized carbons (Fsp3) is 0.429. The van der Waals surface area contributed by atoms with Gasteiger partial charge in [-0.1, -0.05) is 13.8 Å². The van der Waals surface area contributed by atoms with E-state index in [4.69, 9.17) is 4.74 Å². The lowest BCUT2D eigenvalue weighted by Gasteiger charge is -2.12. The first-order valence-corrected chi connectivity index (χ1v) is 7.52. The van der Waals surface area contributed by atoms with Gasteiger partial charge in [-0.15, -0.1) is 11.3 Å². The van der Waals surface area contributed by atoms with Crippen molar-refractivity contribution in [2.24, 2.45) is 0 Å². The van der Waals surface area contributed by atoms with Crippen LogP contribution >= 0.6 is 11.3 Å². The van der Waals surface area contributed by atoms with E-state index in [2.05, 4.69) is 20.3 Å². The third-order valence-electron chi connectivity index (χ3n) is 2.90. The predicted octanol–water partition coefficient (Wildman–Crippen LogP) is 2.69. The number of hydrogen-bond acceptors (Lipinski definition) is 6. The van der Waals surface area contributed by atoms with Gasteiger partial charge >= 0.3 is 0 Å². The molecule has 0 unspecified atom stereocenters. The van der Waals surface area contributed by atoms with E-state index in [1.807, 2.05) is 27.7 Å². The molecule has 0 aliphatic carbocycles. The van der Waals surface area contributed by atoms with Gasteiger partial charge in [0, 0.05) is 28.8 Å². The SMILES string of the molecule is Cc1nc(C(C)C)nc(OCC(=O)Nc2nccs2)c1C. The molecule has 0 fully saturated rings. The molecule has 0 saturated carbocycles. The van der Waals surface area contributed by atoms with Crippen molar-refractivity contribution in [1.82, 2.24) is 15.0 Å². The van der Waals surface area contributed by atoms with Crippen LogP contribution in [0.2, 0.25) is 0 Å². The van der Waals surface area contributed by atoms with Crippen molar-refractivity contribution in [3.8, 4) is 5.88 Å². The van der Waals surface area contributed by atoms with Crippen molar-refractivity contribution in [3.05, 3.63) is 28.7 Å². The molecule has 2 rings (SSSR count). The number of aromatic nitrogens is 3. The second-order valence-electron chi connectivity index (χ2n) is 4.93. The molecule has 0 atom stereocenters. The first-order chi connectivity index (χ1) is 9.97. The third-order valence-corrected chi connectivity index (χ3v) is 3.59. The molecule has 6 nitrogen and oxygen atoms in total. The first-order valence-electron chi connectivity index (χ1n) is 6.64. The minimum Gasteiger partial charge on any atom is -0.467 e. The van der Waals surface area contributed by atoms with Gasteiger partial charge in [0.1, 0.15) is 5.82 Å². The first kappa shape index (κ1) is 15.4. The number of ether oxygens (including phenoxy) is 1. The Bertz CT molecular complexity index is 626. The largest absolute Gasteiger partial charge is 0.467 e. The number of anilines is 1. The molecule has 112 valence electrons.